The van der Waals surface area contributed by atoms with Gasteiger partial charge in [0.15, 0.2) is 0 Å². The maximum atomic E-state index is 13.0. The van der Waals surface area contributed by atoms with Crippen LogP contribution in [-0.2, 0) is 14.3 Å². The molecule has 2 aromatic carbocycles. The van der Waals surface area contributed by atoms with E-state index in [0.717, 1.165) is 40.8 Å². The molecule has 8 heteroatoms. The van der Waals surface area contributed by atoms with Gasteiger partial charge in [0.05, 0.1) is 0 Å². The van der Waals surface area contributed by atoms with Crippen LogP contribution in [0.1, 0.15) is 49.7 Å². The SMILES string of the molecule is CCCC[C@H](CC(=O)N1CCSCC1C(=O)O)NC(=O)OCC1c2ccccc2-c2ccccc21. The zero-order valence-corrected chi connectivity index (χ0v) is 20.8. The molecule has 2 N–H and O–H groups in total. The number of carbonyl (C=O) groups is 3. The van der Waals surface area contributed by atoms with Crippen LogP contribution >= 0.6 is 11.8 Å². The summed E-state index contributed by atoms with van der Waals surface area (Å²) in [7, 11) is 0. The molecule has 2 aliphatic rings. The predicted octanol–water partition coefficient (Wildman–Crippen LogP) is 4.50. The average molecular weight is 497 g/mol. The molecule has 0 bridgehead atoms. The van der Waals surface area contributed by atoms with Gasteiger partial charge in [0, 0.05) is 36.4 Å². The molecule has 0 spiro atoms. The second kappa shape index (κ2) is 11.6. The molecule has 2 atom stereocenters. The van der Waals surface area contributed by atoms with Gasteiger partial charge in [0.1, 0.15) is 12.6 Å². The van der Waals surface area contributed by atoms with E-state index >= 15 is 0 Å². The van der Waals surface area contributed by atoms with Crippen LogP contribution in [0.4, 0.5) is 4.79 Å². The summed E-state index contributed by atoms with van der Waals surface area (Å²) in [6.45, 7) is 2.67. The molecule has 0 saturated carbocycles. The number of aliphatic carboxylic acids is 1. The molecule has 2 amide bonds. The van der Waals surface area contributed by atoms with Crippen molar-refractivity contribution in [3.63, 3.8) is 0 Å². The fourth-order valence-electron chi connectivity index (χ4n) is 4.92. The van der Waals surface area contributed by atoms with E-state index in [4.69, 9.17) is 4.74 Å². The highest BCUT2D eigenvalue weighted by Crippen LogP contribution is 2.44. The van der Waals surface area contributed by atoms with Crippen molar-refractivity contribution in [2.75, 3.05) is 24.7 Å². The molecule has 1 aliphatic heterocycles. The van der Waals surface area contributed by atoms with Crippen LogP contribution in [-0.4, -0.2) is 64.7 Å². The van der Waals surface area contributed by atoms with Gasteiger partial charge in [0.25, 0.3) is 0 Å². The number of carboxylic acids is 1. The molecule has 0 aromatic heterocycles. The Bertz CT molecular complexity index is 1030. The molecule has 4 rings (SSSR count). The van der Waals surface area contributed by atoms with Gasteiger partial charge in [-0.3, -0.25) is 4.79 Å². The standard InChI is InChI=1S/C27H32N2O5S/c1-2-3-8-18(15-25(30)29-13-14-35-17-24(29)26(31)32)28-27(33)34-16-23-21-11-6-4-9-19(21)20-10-5-7-12-22(20)23/h4-7,9-12,18,23-24H,2-3,8,13-17H2,1H3,(H,28,33)(H,31,32)/t18-,24?/m1/s1. The molecule has 1 fully saturated rings. The van der Waals surface area contributed by atoms with Crippen LogP contribution < -0.4 is 5.32 Å². The van der Waals surface area contributed by atoms with Gasteiger partial charge in [0.2, 0.25) is 5.91 Å². The topological polar surface area (TPSA) is 95.9 Å². The Morgan fingerprint density at radius 3 is 2.40 bits per heavy atom. The van der Waals surface area contributed by atoms with Gasteiger partial charge in [-0.05, 0) is 28.7 Å². The van der Waals surface area contributed by atoms with Gasteiger partial charge < -0.3 is 20.1 Å². The molecule has 1 unspecified atom stereocenters. The molecular weight excluding hydrogens is 464 g/mol. The lowest BCUT2D eigenvalue weighted by Crippen LogP contribution is -2.52. The summed E-state index contributed by atoms with van der Waals surface area (Å²) >= 11 is 1.54. The third-order valence-corrected chi connectivity index (χ3v) is 7.75. The monoisotopic (exact) mass is 496 g/mol. The number of amides is 2. The number of ether oxygens (including phenoxy) is 1. The Labute approximate surface area is 210 Å². The van der Waals surface area contributed by atoms with E-state index in [1.807, 2.05) is 24.3 Å². The first-order valence-electron chi connectivity index (χ1n) is 12.2. The number of alkyl carbamates (subject to hydrolysis) is 1. The number of hydrogen-bond donors (Lipinski definition) is 2. The summed E-state index contributed by atoms with van der Waals surface area (Å²) < 4.78 is 5.66. The Balaban J connectivity index is 1.38. The zero-order chi connectivity index (χ0) is 24.8. The van der Waals surface area contributed by atoms with E-state index in [-0.39, 0.29) is 24.9 Å². The Morgan fingerprint density at radius 1 is 1.11 bits per heavy atom. The summed E-state index contributed by atoms with van der Waals surface area (Å²) in [5, 5.41) is 12.4. The number of unbranched alkanes of at least 4 members (excludes halogenated alkanes) is 1. The largest absolute Gasteiger partial charge is 0.480 e. The summed E-state index contributed by atoms with van der Waals surface area (Å²) in [4.78, 5) is 38.8. The van der Waals surface area contributed by atoms with Gasteiger partial charge in [-0.2, -0.15) is 11.8 Å². The van der Waals surface area contributed by atoms with Crippen molar-refractivity contribution in [1.29, 1.82) is 0 Å². The lowest BCUT2D eigenvalue weighted by molar-refractivity contribution is -0.149. The fraction of sp³-hybridized carbons (Fsp3) is 0.444. The Hall–Kier alpha value is -3.00. The summed E-state index contributed by atoms with van der Waals surface area (Å²) in [6, 6.07) is 15.1. The number of nitrogens with zero attached hydrogens (tertiary/aromatic N) is 1. The number of hydrogen-bond acceptors (Lipinski definition) is 5. The van der Waals surface area contributed by atoms with Crippen molar-refractivity contribution in [3.05, 3.63) is 59.7 Å². The van der Waals surface area contributed by atoms with E-state index in [0.29, 0.717) is 18.7 Å². The van der Waals surface area contributed by atoms with Gasteiger partial charge in [-0.25, -0.2) is 9.59 Å². The maximum absolute atomic E-state index is 13.0. The fourth-order valence-corrected chi connectivity index (χ4v) is 5.96. The van der Waals surface area contributed by atoms with Crippen molar-refractivity contribution >= 4 is 29.7 Å². The summed E-state index contributed by atoms with van der Waals surface area (Å²) in [5.74, 6) is -0.154. The van der Waals surface area contributed by atoms with Gasteiger partial charge in [-0.15, -0.1) is 0 Å². The Morgan fingerprint density at radius 2 is 1.77 bits per heavy atom. The van der Waals surface area contributed by atoms with E-state index < -0.39 is 24.1 Å². The van der Waals surface area contributed by atoms with Crippen molar-refractivity contribution in [1.82, 2.24) is 10.2 Å². The van der Waals surface area contributed by atoms with Crippen LogP contribution in [0.25, 0.3) is 11.1 Å². The molecule has 1 aliphatic carbocycles. The number of benzene rings is 2. The van der Waals surface area contributed by atoms with Crippen LogP contribution in [0.5, 0.6) is 0 Å². The first-order valence-corrected chi connectivity index (χ1v) is 13.4. The third-order valence-electron chi connectivity index (χ3n) is 6.73. The van der Waals surface area contributed by atoms with E-state index in [9.17, 15) is 19.5 Å². The molecule has 7 nitrogen and oxygen atoms in total. The first-order chi connectivity index (χ1) is 17.0. The summed E-state index contributed by atoms with van der Waals surface area (Å²) in [6.07, 6.45) is 1.92. The highest BCUT2D eigenvalue weighted by Gasteiger charge is 2.34. The minimum absolute atomic E-state index is 0.0361. The van der Waals surface area contributed by atoms with E-state index in [1.165, 1.54) is 4.90 Å². The summed E-state index contributed by atoms with van der Waals surface area (Å²) in [5.41, 5.74) is 4.61. The number of fused-ring (bicyclic) bond motifs is 3. The molecule has 186 valence electrons. The number of thioether (sulfide) groups is 1. The number of rotatable bonds is 9. The van der Waals surface area contributed by atoms with Crippen LogP contribution in [0.3, 0.4) is 0 Å². The third kappa shape index (κ3) is 5.81. The van der Waals surface area contributed by atoms with Crippen molar-refractivity contribution < 1.29 is 24.2 Å². The normalized spacial score (nSPS) is 17.9. The second-order valence-electron chi connectivity index (χ2n) is 9.03. The van der Waals surface area contributed by atoms with Gasteiger partial charge >= 0.3 is 12.1 Å². The van der Waals surface area contributed by atoms with E-state index in [1.54, 1.807) is 11.8 Å². The van der Waals surface area contributed by atoms with Gasteiger partial charge in [-0.1, -0.05) is 68.3 Å². The lowest BCUT2D eigenvalue weighted by atomic mass is 9.98. The highest BCUT2D eigenvalue weighted by atomic mass is 32.2. The average Bonchev–Trinajstić information content (AvgIpc) is 3.19. The molecule has 1 saturated heterocycles. The lowest BCUT2D eigenvalue weighted by Gasteiger charge is -2.33. The van der Waals surface area contributed by atoms with Crippen LogP contribution in [0.15, 0.2) is 48.5 Å². The minimum Gasteiger partial charge on any atom is -0.480 e. The van der Waals surface area contributed by atoms with E-state index in [2.05, 4.69) is 36.5 Å². The predicted molar refractivity (Wildman–Crippen MR) is 137 cm³/mol. The minimum atomic E-state index is -0.986. The highest BCUT2D eigenvalue weighted by molar-refractivity contribution is 7.99. The number of nitrogens with one attached hydrogen (secondary N) is 1. The Kier molecular flexibility index (Phi) is 8.33. The van der Waals surface area contributed by atoms with Crippen LogP contribution in [0, 0.1) is 0 Å². The molecular formula is C27H32N2O5S. The quantitative estimate of drug-likeness (QED) is 0.531. The molecule has 35 heavy (non-hydrogen) atoms. The second-order valence-corrected chi connectivity index (χ2v) is 10.2. The van der Waals surface area contributed by atoms with Crippen molar-refractivity contribution in [3.8, 4) is 11.1 Å². The van der Waals surface area contributed by atoms with Crippen LogP contribution in [0.2, 0.25) is 0 Å². The first kappa shape index (κ1) is 25.1. The molecule has 0 radical (unpaired) electrons. The molecule has 1 heterocycles. The number of carboxylic acid groups (broad SMARTS) is 1. The van der Waals surface area contributed by atoms with Crippen molar-refractivity contribution in [2.45, 2.75) is 50.6 Å². The molecule has 2 aromatic rings. The van der Waals surface area contributed by atoms with Crippen molar-refractivity contribution in [2.24, 2.45) is 0 Å². The maximum Gasteiger partial charge on any atom is 0.407 e. The zero-order valence-electron chi connectivity index (χ0n) is 19.9. The smallest absolute Gasteiger partial charge is 0.407 e. The number of carbonyl (C=O) groups excluding carboxylic acids is 2.